The smallest absolute Gasteiger partial charge is 0.186 e. The molecule has 230 valence electrons. The molecule has 0 saturated heterocycles. The third kappa shape index (κ3) is 6.71. The van der Waals surface area contributed by atoms with Gasteiger partial charge in [-0.25, -0.2) is 0 Å². The van der Waals surface area contributed by atoms with Gasteiger partial charge >= 0.3 is 0 Å². The van der Waals surface area contributed by atoms with Gasteiger partial charge < -0.3 is 0 Å². The van der Waals surface area contributed by atoms with Crippen molar-refractivity contribution in [1.29, 1.82) is 10.5 Å². The van der Waals surface area contributed by atoms with Crippen LogP contribution in [-0.4, -0.2) is 11.6 Å². The van der Waals surface area contributed by atoms with Gasteiger partial charge in [0.15, 0.2) is 11.6 Å². The summed E-state index contributed by atoms with van der Waals surface area (Å²) in [6.07, 6.45) is 11.6. The molecule has 2 aliphatic carbocycles. The van der Waals surface area contributed by atoms with Crippen molar-refractivity contribution in [3.8, 4) is 12.1 Å². The molecule has 0 amide bonds. The van der Waals surface area contributed by atoms with Gasteiger partial charge in [-0.3, -0.25) is 9.59 Å². The molecule has 4 heteroatoms. The molecule has 0 saturated carbocycles. The number of rotatable bonds is 2. The number of nitrogens with zero attached hydrogens (tertiary/aromatic N) is 2. The number of Topliss-reactive ketones (excluding diaryl/α,β-unsaturated/α-hetero) is 2. The van der Waals surface area contributed by atoms with Crippen molar-refractivity contribution in [2.75, 3.05) is 0 Å². The van der Waals surface area contributed by atoms with E-state index in [-0.39, 0.29) is 33.2 Å². The summed E-state index contributed by atoms with van der Waals surface area (Å²) in [5, 5.41) is 20.9. The van der Waals surface area contributed by atoms with Gasteiger partial charge in [-0.2, -0.15) is 10.5 Å². The highest BCUT2D eigenvalue weighted by Crippen LogP contribution is 2.42. The summed E-state index contributed by atoms with van der Waals surface area (Å²) in [6.45, 7) is 28.1. The van der Waals surface area contributed by atoms with E-state index in [1.807, 2.05) is 133 Å². The van der Waals surface area contributed by atoms with Crippen molar-refractivity contribution in [2.45, 2.75) is 96.9 Å². The van der Waals surface area contributed by atoms with Crippen molar-refractivity contribution in [3.63, 3.8) is 0 Å². The van der Waals surface area contributed by atoms with Crippen LogP contribution >= 0.6 is 0 Å². The molecule has 0 N–H and O–H groups in total. The number of hydrogen-bond acceptors (Lipinski definition) is 4. The second kappa shape index (κ2) is 11.5. The number of hydrogen-bond donors (Lipinski definition) is 0. The summed E-state index contributed by atoms with van der Waals surface area (Å²) in [7, 11) is 0. The lowest BCUT2D eigenvalue weighted by Gasteiger charge is -2.31. The molecule has 0 aliphatic heterocycles. The molecule has 0 spiro atoms. The Hall–Kier alpha value is -4.02. The first kappa shape index (κ1) is 34.5. The summed E-state index contributed by atoms with van der Waals surface area (Å²) in [6, 6.07) is 4.82. The van der Waals surface area contributed by atoms with Crippen LogP contribution in [0.1, 0.15) is 116 Å². The minimum atomic E-state index is -0.363. The average molecular weight is 589 g/mol. The van der Waals surface area contributed by atoms with Crippen LogP contribution in [0.4, 0.5) is 0 Å². The number of nitriles is 2. The maximum atomic E-state index is 13.5. The molecule has 0 fully saturated rings. The molecule has 44 heavy (non-hydrogen) atoms. The second-order valence-electron chi connectivity index (χ2n) is 16.2. The Morgan fingerprint density at radius 1 is 0.500 bits per heavy atom. The van der Waals surface area contributed by atoms with Gasteiger partial charge in [-0.05, 0) is 105 Å². The number of allylic oxidation sites excluding steroid dienone is 10. The third-order valence-corrected chi connectivity index (χ3v) is 8.40. The molecule has 0 atom stereocenters. The van der Waals surface area contributed by atoms with Crippen LogP contribution in [0.3, 0.4) is 0 Å². The molecule has 1 aromatic rings. The average Bonchev–Trinajstić information content (AvgIpc) is 2.86. The molecular weight excluding hydrogens is 540 g/mol. The van der Waals surface area contributed by atoms with E-state index in [2.05, 4.69) is 12.1 Å². The Balaban J connectivity index is 2.39. The van der Waals surface area contributed by atoms with Gasteiger partial charge in [0.05, 0.1) is 11.1 Å². The fraction of sp³-hybridized carbons (Fsp3) is 0.450. The van der Waals surface area contributed by atoms with Gasteiger partial charge in [-0.1, -0.05) is 83.1 Å². The van der Waals surface area contributed by atoms with Crippen LogP contribution in [0.25, 0.3) is 12.2 Å². The molecule has 0 bridgehead atoms. The molecule has 0 heterocycles. The summed E-state index contributed by atoms with van der Waals surface area (Å²) < 4.78 is 0. The van der Waals surface area contributed by atoms with Gasteiger partial charge in [0, 0.05) is 22.3 Å². The molecular formula is C40H48N2O2. The van der Waals surface area contributed by atoms with Crippen LogP contribution in [0.2, 0.25) is 0 Å². The highest BCUT2D eigenvalue weighted by molar-refractivity contribution is 6.13. The lowest BCUT2D eigenvalue weighted by atomic mass is 9.71. The molecule has 4 nitrogen and oxygen atoms in total. The lowest BCUT2D eigenvalue weighted by molar-refractivity contribution is -0.114. The highest BCUT2D eigenvalue weighted by Gasteiger charge is 2.35. The number of ketones is 2. The SMILES string of the molecule is Cc1c(C#N)c(C=C2C=C(C(C)(C)C)C(=O)C(C(C)(C)C)=C2)c(C)c(C#N)c1C=C1C=C(C(C)(C)C)C(=O)C(C(C)(C)C)=C1. The monoisotopic (exact) mass is 588 g/mol. The number of carbonyl (C=O) groups excluding carboxylic acids is 2. The molecule has 1 aromatic carbocycles. The van der Waals surface area contributed by atoms with Crippen LogP contribution in [-0.2, 0) is 9.59 Å². The van der Waals surface area contributed by atoms with Crippen LogP contribution < -0.4 is 0 Å². The summed E-state index contributed by atoms with van der Waals surface area (Å²) in [5.74, 6) is 0.0955. The maximum absolute atomic E-state index is 13.5. The Morgan fingerprint density at radius 2 is 0.727 bits per heavy atom. The summed E-state index contributed by atoms with van der Waals surface area (Å²) >= 11 is 0. The highest BCUT2D eigenvalue weighted by atomic mass is 16.1. The van der Waals surface area contributed by atoms with Gasteiger partial charge in [0.2, 0.25) is 0 Å². The zero-order chi connectivity index (χ0) is 33.7. The van der Waals surface area contributed by atoms with E-state index in [1.54, 1.807) is 0 Å². The van der Waals surface area contributed by atoms with E-state index >= 15 is 0 Å². The topological polar surface area (TPSA) is 81.7 Å². The van der Waals surface area contributed by atoms with E-state index in [9.17, 15) is 20.1 Å². The predicted molar refractivity (Wildman–Crippen MR) is 181 cm³/mol. The molecule has 0 aromatic heterocycles. The zero-order valence-corrected chi connectivity index (χ0v) is 29.2. The van der Waals surface area contributed by atoms with Crippen LogP contribution in [0.5, 0.6) is 0 Å². The predicted octanol–water partition coefficient (Wildman–Crippen LogP) is 9.87. The first-order valence-electron chi connectivity index (χ1n) is 15.3. The van der Waals surface area contributed by atoms with E-state index in [0.717, 1.165) is 33.4 Å². The van der Waals surface area contributed by atoms with E-state index in [4.69, 9.17) is 0 Å². The Kier molecular flexibility index (Phi) is 8.99. The van der Waals surface area contributed by atoms with Crippen molar-refractivity contribution in [1.82, 2.24) is 0 Å². The molecule has 0 unspecified atom stereocenters. The van der Waals surface area contributed by atoms with Crippen molar-refractivity contribution < 1.29 is 9.59 Å². The molecule has 0 radical (unpaired) electrons. The fourth-order valence-electron chi connectivity index (χ4n) is 5.73. The minimum Gasteiger partial charge on any atom is -0.289 e. The third-order valence-electron chi connectivity index (χ3n) is 8.40. The second-order valence-corrected chi connectivity index (χ2v) is 16.2. The Bertz CT molecular complexity index is 1520. The molecule has 2 aliphatic rings. The summed E-state index contributed by atoms with van der Waals surface area (Å²) in [5.41, 5.74) is 6.83. The van der Waals surface area contributed by atoms with Crippen molar-refractivity contribution in [2.24, 2.45) is 21.7 Å². The first-order valence-corrected chi connectivity index (χ1v) is 15.3. The lowest BCUT2D eigenvalue weighted by Crippen LogP contribution is -2.28. The molecule has 3 rings (SSSR count). The van der Waals surface area contributed by atoms with Gasteiger partial charge in [0.25, 0.3) is 0 Å². The van der Waals surface area contributed by atoms with E-state index in [1.165, 1.54) is 0 Å². The van der Waals surface area contributed by atoms with Crippen molar-refractivity contribution >= 4 is 23.7 Å². The fourth-order valence-corrected chi connectivity index (χ4v) is 5.73. The van der Waals surface area contributed by atoms with Gasteiger partial charge in [-0.15, -0.1) is 0 Å². The standard InChI is InChI=1S/C40H48N2O2/c1-23-27(15-25-17-31(37(3,4)5)35(43)32(18-25)38(6,7)8)30(22-42)24(2)28(29(23)21-41)16-26-19-33(39(9,10)11)36(44)34(20-26)40(12,13)14/h15-20H,1-14H3. The van der Waals surface area contributed by atoms with Crippen LogP contribution in [0, 0.1) is 58.2 Å². The van der Waals surface area contributed by atoms with E-state index < -0.39 is 0 Å². The maximum Gasteiger partial charge on any atom is 0.186 e. The van der Waals surface area contributed by atoms with E-state index in [0.29, 0.717) is 33.4 Å². The normalized spacial score (nSPS) is 16.5. The first-order chi connectivity index (χ1) is 19.9. The zero-order valence-electron chi connectivity index (χ0n) is 29.2. The van der Waals surface area contributed by atoms with Crippen molar-refractivity contribution in [3.05, 3.63) is 91.1 Å². The summed E-state index contributed by atoms with van der Waals surface area (Å²) in [4.78, 5) is 27.0. The Labute approximate surface area is 265 Å². The Morgan fingerprint density at radius 3 is 0.909 bits per heavy atom. The number of benzene rings is 1. The largest absolute Gasteiger partial charge is 0.289 e. The van der Waals surface area contributed by atoms with Gasteiger partial charge in [0.1, 0.15) is 12.1 Å². The quantitative estimate of drug-likeness (QED) is 0.344. The minimum absolute atomic E-state index is 0.0478. The number of carbonyl (C=O) groups is 2. The van der Waals surface area contributed by atoms with Crippen LogP contribution in [0.15, 0.2) is 57.7 Å².